The number of carbonyl (C=O) groups excluding carboxylic acids is 1. The fourth-order valence-corrected chi connectivity index (χ4v) is 4.18. The topological polar surface area (TPSA) is 47.4 Å². The molecule has 1 fully saturated rings. The van der Waals surface area contributed by atoms with Crippen LogP contribution in [0.25, 0.3) is 6.08 Å². The van der Waals surface area contributed by atoms with Crippen molar-refractivity contribution in [3.05, 3.63) is 82.8 Å². The minimum absolute atomic E-state index is 0.0982. The summed E-state index contributed by atoms with van der Waals surface area (Å²) in [4.78, 5) is 19.3. The molecular weight excluding hydrogens is 402 g/mol. The second-order valence-corrected chi connectivity index (χ2v) is 8.34. The predicted molar refractivity (Wildman–Crippen MR) is 121 cm³/mol. The molecule has 1 saturated heterocycles. The van der Waals surface area contributed by atoms with E-state index in [1.807, 2.05) is 79.3 Å². The maximum atomic E-state index is 12.9. The standard InChI is InChI=1S/C22H19N3O2S2/c1-15-3-7-17(8-4-15)25-21(26)19(29-22(25)28)13-16-5-9-18(10-6-16)27-14-20-23-11-12-24(20)2/h3-13H,14H2,1-2H3/b19-13-. The molecule has 0 radical (unpaired) electrons. The van der Waals surface area contributed by atoms with E-state index in [4.69, 9.17) is 17.0 Å². The average Bonchev–Trinajstić information content (AvgIpc) is 3.24. The van der Waals surface area contributed by atoms with Crippen molar-refractivity contribution >= 4 is 46.0 Å². The van der Waals surface area contributed by atoms with Crippen LogP contribution in [0.3, 0.4) is 0 Å². The van der Waals surface area contributed by atoms with Gasteiger partial charge in [-0.05, 0) is 42.8 Å². The molecule has 1 aromatic heterocycles. The Morgan fingerprint density at radius 2 is 1.86 bits per heavy atom. The van der Waals surface area contributed by atoms with Gasteiger partial charge in [0.05, 0.1) is 10.6 Å². The number of hydrogen-bond acceptors (Lipinski definition) is 5. The summed E-state index contributed by atoms with van der Waals surface area (Å²) < 4.78 is 8.24. The number of nitrogens with zero attached hydrogens (tertiary/aromatic N) is 3. The number of ether oxygens (including phenoxy) is 1. The van der Waals surface area contributed by atoms with Crippen molar-refractivity contribution in [2.75, 3.05) is 4.90 Å². The molecule has 0 aliphatic carbocycles. The zero-order chi connectivity index (χ0) is 20.4. The van der Waals surface area contributed by atoms with Gasteiger partial charge in [0.25, 0.3) is 5.91 Å². The first kappa shape index (κ1) is 19.4. The minimum Gasteiger partial charge on any atom is -0.486 e. The lowest BCUT2D eigenvalue weighted by Crippen LogP contribution is -2.27. The van der Waals surface area contributed by atoms with Crippen molar-refractivity contribution in [3.8, 4) is 5.75 Å². The summed E-state index contributed by atoms with van der Waals surface area (Å²) in [5, 5.41) is 0. The van der Waals surface area contributed by atoms with Gasteiger partial charge in [-0.25, -0.2) is 4.98 Å². The first-order valence-electron chi connectivity index (χ1n) is 9.05. The maximum Gasteiger partial charge on any atom is 0.270 e. The summed E-state index contributed by atoms with van der Waals surface area (Å²) in [5.41, 5.74) is 2.85. The molecule has 0 spiro atoms. The van der Waals surface area contributed by atoms with Crippen LogP contribution in [-0.4, -0.2) is 19.8 Å². The van der Waals surface area contributed by atoms with Gasteiger partial charge in [-0.15, -0.1) is 0 Å². The summed E-state index contributed by atoms with van der Waals surface area (Å²) >= 11 is 6.75. The number of carbonyl (C=O) groups is 1. The molecule has 0 bridgehead atoms. The summed E-state index contributed by atoms with van der Waals surface area (Å²) in [7, 11) is 1.93. The maximum absolute atomic E-state index is 12.9. The number of anilines is 1. The molecule has 1 amide bonds. The van der Waals surface area contributed by atoms with Gasteiger partial charge in [-0.1, -0.05) is 53.8 Å². The van der Waals surface area contributed by atoms with Crippen LogP contribution < -0.4 is 9.64 Å². The van der Waals surface area contributed by atoms with E-state index in [2.05, 4.69) is 4.98 Å². The summed E-state index contributed by atoms with van der Waals surface area (Å²) in [6.45, 7) is 2.41. The largest absolute Gasteiger partial charge is 0.486 e. The molecule has 0 saturated carbocycles. The Balaban J connectivity index is 1.46. The van der Waals surface area contributed by atoms with E-state index in [0.717, 1.165) is 28.4 Å². The molecule has 5 nitrogen and oxygen atoms in total. The number of hydrogen-bond donors (Lipinski definition) is 0. The van der Waals surface area contributed by atoms with Crippen LogP contribution in [0.15, 0.2) is 65.8 Å². The molecule has 7 heteroatoms. The lowest BCUT2D eigenvalue weighted by molar-refractivity contribution is -0.113. The Bertz CT molecular complexity index is 1090. The number of thioether (sulfide) groups is 1. The minimum atomic E-state index is -0.0982. The number of aromatic nitrogens is 2. The summed E-state index contributed by atoms with van der Waals surface area (Å²) in [6, 6.07) is 15.4. The molecule has 2 aromatic carbocycles. The third kappa shape index (κ3) is 4.26. The highest BCUT2D eigenvalue weighted by atomic mass is 32.2. The third-order valence-corrected chi connectivity index (χ3v) is 5.85. The highest BCUT2D eigenvalue weighted by Crippen LogP contribution is 2.36. The van der Waals surface area contributed by atoms with Crippen molar-refractivity contribution in [3.63, 3.8) is 0 Å². The van der Waals surface area contributed by atoms with Gasteiger partial charge in [-0.3, -0.25) is 9.69 Å². The van der Waals surface area contributed by atoms with Crippen LogP contribution in [0.5, 0.6) is 5.75 Å². The molecule has 146 valence electrons. The van der Waals surface area contributed by atoms with Crippen molar-refractivity contribution in [2.24, 2.45) is 7.05 Å². The lowest BCUT2D eigenvalue weighted by Gasteiger charge is -2.14. The van der Waals surface area contributed by atoms with Crippen molar-refractivity contribution in [1.82, 2.24) is 9.55 Å². The van der Waals surface area contributed by atoms with E-state index in [-0.39, 0.29) is 5.91 Å². The van der Waals surface area contributed by atoms with Crippen molar-refractivity contribution < 1.29 is 9.53 Å². The monoisotopic (exact) mass is 421 g/mol. The number of amides is 1. The number of aryl methyl sites for hydroxylation is 2. The number of imidazole rings is 1. The van der Waals surface area contributed by atoms with E-state index >= 15 is 0 Å². The smallest absolute Gasteiger partial charge is 0.270 e. The van der Waals surface area contributed by atoms with Crippen LogP contribution in [0.2, 0.25) is 0 Å². The van der Waals surface area contributed by atoms with Gasteiger partial charge in [-0.2, -0.15) is 0 Å². The fraction of sp³-hybridized carbons (Fsp3) is 0.136. The third-order valence-electron chi connectivity index (χ3n) is 4.55. The molecule has 0 unspecified atom stereocenters. The van der Waals surface area contributed by atoms with E-state index in [9.17, 15) is 4.79 Å². The number of benzene rings is 2. The van der Waals surface area contributed by atoms with E-state index in [1.54, 1.807) is 11.1 Å². The Labute approximate surface area is 179 Å². The van der Waals surface area contributed by atoms with Gasteiger partial charge in [0.1, 0.15) is 18.2 Å². The second-order valence-electron chi connectivity index (χ2n) is 6.66. The molecule has 0 atom stereocenters. The van der Waals surface area contributed by atoms with Gasteiger partial charge < -0.3 is 9.30 Å². The van der Waals surface area contributed by atoms with Crippen LogP contribution in [-0.2, 0) is 18.4 Å². The highest BCUT2D eigenvalue weighted by molar-refractivity contribution is 8.27. The zero-order valence-electron chi connectivity index (χ0n) is 16.0. The van der Waals surface area contributed by atoms with E-state index in [1.165, 1.54) is 11.8 Å². The molecule has 1 aliphatic rings. The van der Waals surface area contributed by atoms with Crippen molar-refractivity contribution in [2.45, 2.75) is 13.5 Å². The Morgan fingerprint density at radius 1 is 1.14 bits per heavy atom. The molecule has 3 aromatic rings. The first-order chi connectivity index (χ1) is 14.0. The predicted octanol–water partition coefficient (Wildman–Crippen LogP) is 4.71. The average molecular weight is 422 g/mol. The lowest BCUT2D eigenvalue weighted by atomic mass is 10.2. The van der Waals surface area contributed by atoms with Crippen molar-refractivity contribution in [1.29, 1.82) is 0 Å². The summed E-state index contributed by atoms with van der Waals surface area (Å²) in [5.74, 6) is 1.50. The Morgan fingerprint density at radius 3 is 2.52 bits per heavy atom. The Kier molecular flexibility index (Phi) is 5.51. The second kappa shape index (κ2) is 8.23. The number of rotatable bonds is 5. The number of thiocarbonyl (C=S) groups is 1. The summed E-state index contributed by atoms with van der Waals surface area (Å²) in [6.07, 6.45) is 5.49. The molecule has 29 heavy (non-hydrogen) atoms. The normalized spacial score (nSPS) is 15.4. The van der Waals surface area contributed by atoms with Crippen LogP contribution in [0.4, 0.5) is 5.69 Å². The van der Waals surface area contributed by atoms with Gasteiger partial charge in [0, 0.05) is 19.4 Å². The SMILES string of the molecule is Cc1ccc(N2C(=O)/C(=C/c3ccc(OCc4nccn4C)cc3)SC2=S)cc1. The van der Waals surface area contributed by atoms with Gasteiger partial charge in [0.2, 0.25) is 0 Å². The van der Waals surface area contributed by atoms with Crippen LogP contribution in [0.1, 0.15) is 17.0 Å². The molecule has 2 heterocycles. The van der Waals surface area contributed by atoms with Gasteiger partial charge >= 0.3 is 0 Å². The molecule has 4 rings (SSSR count). The molecule has 0 N–H and O–H groups in total. The van der Waals surface area contributed by atoms with Crippen LogP contribution in [0, 0.1) is 6.92 Å². The first-order valence-corrected chi connectivity index (χ1v) is 10.3. The highest BCUT2D eigenvalue weighted by Gasteiger charge is 2.33. The zero-order valence-corrected chi connectivity index (χ0v) is 17.7. The molecular formula is C22H19N3O2S2. The van der Waals surface area contributed by atoms with Crippen LogP contribution >= 0.6 is 24.0 Å². The van der Waals surface area contributed by atoms with E-state index < -0.39 is 0 Å². The Hall–Kier alpha value is -2.90. The van der Waals surface area contributed by atoms with E-state index in [0.29, 0.717) is 15.8 Å². The quantitative estimate of drug-likeness (QED) is 0.441. The molecule has 1 aliphatic heterocycles. The fourth-order valence-electron chi connectivity index (χ4n) is 2.88. The van der Waals surface area contributed by atoms with Gasteiger partial charge in [0.15, 0.2) is 4.32 Å².